The number of anilines is 2. The maximum atomic E-state index is 13.3. The van der Waals surface area contributed by atoms with Gasteiger partial charge in [0, 0.05) is 51.2 Å². The van der Waals surface area contributed by atoms with Crippen molar-refractivity contribution in [3.05, 3.63) is 47.8 Å². The van der Waals surface area contributed by atoms with Crippen LogP contribution in [0.2, 0.25) is 0 Å². The number of carbonyl (C=O) groups is 2. The number of nitrogens with two attached hydrogens (primary N) is 1. The number of hydrogen-bond donors (Lipinski definition) is 4. The Hall–Kier alpha value is -4.73. The molecule has 40 heavy (non-hydrogen) atoms. The Kier molecular flexibility index (Phi) is 8.47. The van der Waals surface area contributed by atoms with E-state index in [2.05, 4.69) is 41.9 Å². The number of rotatable bonds is 6. The number of benzene rings is 1. The van der Waals surface area contributed by atoms with Gasteiger partial charge in [-0.3, -0.25) is 9.78 Å². The fourth-order valence-corrected chi connectivity index (χ4v) is 4.24. The van der Waals surface area contributed by atoms with E-state index >= 15 is 0 Å². The van der Waals surface area contributed by atoms with E-state index < -0.39 is 12.1 Å². The molecule has 0 atom stereocenters. The van der Waals surface area contributed by atoms with E-state index in [0.717, 1.165) is 37.4 Å². The number of nitrogens with one attached hydrogen (secondary N) is 2. The SMILES string of the molecule is CCn1c(-c2nonc2N)nc2cncc(C(=O)NCc3ccccc3N3CCNCC3)c21.O=C(O)C(F)(F)F. The number of halogens is 3. The number of imidazole rings is 1. The maximum Gasteiger partial charge on any atom is 0.490 e. The lowest BCUT2D eigenvalue weighted by Crippen LogP contribution is -2.44. The minimum atomic E-state index is -5.08. The number of alkyl halides is 3. The van der Waals surface area contributed by atoms with Crippen molar-refractivity contribution in [2.75, 3.05) is 36.8 Å². The third-order valence-corrected chi connectivity index (χ3v) is 6.07. The maximum absolute atomic E-state index is 13.3. The number of pyridine rings is 1. The number of carbonyl (C=O) groups excluding carboxylic acids is 1. The Morgan fingerprint density at radius 1 is 1.18 bits per heavy atom. The van der Waals surface area contributed by atoms with Gasteiger partial charge in [-0.2, -0.15) is 13.2 Å². The molecular weight excluding hydrogens is 535 g/mol. The fraction of sp³-hybridized carbons (Fsp3) is 0.333. The van der Waals surface area contributed by atoms with Gasteiger partial charge in [0.25, 0.3) is 5.91 Å². The van der Waals surface area contributed by atoms with Crippen molar-refractivity contribution in [3.63, 3.8) is 0 Å². The molecule has 0 spiro atoms. The monoisotopic (exact) mass is 561 g/mol. The summed E-state index contributed by atoms with van der Waals surface area (Å²) in [4.78, 5) is 33.3. The van der Waals surface area contributed by atoms with Crippen LogP contribution < -0.4 is 21.3 Å². The molecule has 5 rings (SSSR count). The number of nitrogens with zero attached hydrogens (tertiary/aromatic N) is 6. The third-order valence-electron chi connectivity index (χ3n) is 6.07. The molecule has 1 fully saturated rings. The molecule has 1 saturated heterocycles. The van der Waals surface area contributed by atoms with Crippen molar-refractivity contribution in [3.8, 4) is 11.5 Å². The molecule has 4 aromatic rings. The lowest BCUT2D eigenvalue weighted by molar-refractivity contribution is -0.192. The van der Waals surface area contributed by atoms with Crippen molar-refractivity contribution in [2.24, 2.45) is 0 Å². The molecule has 0 aliphatic carbocycles. The smallest absolute Gasteiger partial charge is 0.475 e. The second-order valence-electron chi connectivity index (χ2n) is 8.58. The zero-order chi connectivity index (χ0) is 28.9. The fourth-order valence-electron chi connectivity index (χ4n) is 4.24. The number of carboxylic acid groups (broad SMARTS) is 1. The number of aliphatic carboxylic acids is 1. The molecule has 1 aliphatic heterocycles. The highest BCUT2D eigenvalue weighted by atomic mass is 19.4. The molecule has 13 nitrogen and oxygen atoms in total. The van der Waals surface area contributed by atoms with Crippen LogP contribution in [-0.2, 0) is 17.9 Å². The Bertz CT molecular complexity index is 1500. The summed E-state index contributed by atoms with van der Waals surface area (Å²) in [5.41, 5.74) is 10.1. The number of fused-ring (bicyclic) bond motifs is 1. The van der Waals surface area contributed by atoms with Crippen LogP contribution in [0.4, 0.5) is 24.7 Å². The van der Waals surface area contributed by atoms with Crippen LogP contribution in [-0.4, -0.2) is 74.2 Å². The van der Waals surface area contributed by atoms with Crippen molar-refractivity contribution in [1.82, 2.24) is 35.5 Å². The van der Waals surface area contributed by atoms with Gasteiger partial charge in [-0.05, 0) is 28.9 Å². The minimum Gasteiger partial charge on any atom is -0.475 e. The highest BCUT2D eigenvalue weighted by Gasteiger charge is 2.38. The van der Waals surface area contributed by atoms with Gasteiger partial charge in [0.05, 0.1) is 17.3 Å². The first-order chi connectivity index (χ1) is 19.1. The molecule has 4 heterocycles. The zero-order valence-electron chi connectivity index (χ0n) is 21.3. The summed E-state index contributed by atoms with van der Waals surface area (Å²) in [5.74, 6) is -2.36. The van der Waals surface area contributed by atoms with Gasteiger partial charge >= 0.3 is 12.1 Å². The Balaban J connectivity index is 0.000000470. The van der Waals surface area contributed by atoms with E-state index in [1.807, 2.05) is 29.7 Å². The van der Waals surface area contributed by atoms with Crippen molar-refractivity contribution >= 4 is 34.4 Å². The number of hydrogen-bond acceptors (Lipinski definition) is 10. The third kappa shape index (κ3) is 6.12. The molecule has 212 valence electrons. The number of nitrogen functional groups attached to an aromatic ring is 1. The van der Waals surface area contributed by atoms with Crippen LogP contribution in [0.15, 0.2) is 41.3 Å². The van der Waals surface area contributed by atoms with Gasteiger partial charge in [-0.1, -0.05) is 18.2 Å². The molecule has 0 unspecified atom stereocenters. The summed E-state index contributed by atoms with van der Waals surface area (Å²) in [6, 6.07) is 8.17. The van der Waals surface area contributed by atoms with E-state index in [9.17, 15) is 18.0 Å². The molecule has 16 heteroatoms. The first-order valence-electron chi connectivity index (χ1n) is 12.2. The molecule has 1 amide bonds. The number of para-hydroxylation sites is 1. The summed E-state index contributed by atoms with van der Waals surface area (Å²) in [6.45, 7) is 6.68. The quantitative estimate of drug-likeness (QED) is 0.271. The molecule has 5 N–H and O–H groups in total. The van der Waals surface area contributed by atoms with Crippen molar-refractivity contribution in [1.29, 1.82) is 0 Å². The molecule has 0 bridgehead atoms. The summed E-state index contributed by atoms with van der Waals surface area (Å²) in [5, 5.41) is 21.1. The summed E-state index contributed by atoms with van der Waals surface area (Å²) in [7, 11) is 0. The molecule has 0 saturated carbocycles. The van der Waals surface area contributed by atoms with E-state index in [1.54, 1.807) is 12.4 Å². The molecule has 3 aromatic heterocycles. The van der Waals surface area contributed by atoms with Crippen LogP contribution in [0, 0.1) is 0 Å². The minimum absolute atomic E-state index is 0.142. The van der Waals surface area contributed by atoms with Crippen molar-refractivity contribution < 1.29 is 32.5 Å². The van der Waals surface area contributed by atoms with Crippen LogP contribution in [0.3, 0.4) is 0 Å². The number of amides is 1. The average molecular weight is 562 g/mol. The second-order valence-corrected chi connectivity index (χ2v) is 8.58. The first-order valence-corrected chi connectivity index (χ1v) is 12.2. The molecule has 0 radical (unpaired) electrons. The number of aryl methyl sites for hydroxylation is 1. The van der Waals surface area contributed by atoms with Crippen LogP contribution in [0.1, 0.15) is 22.8 Å². The van der Waals surface area contributed by atoms with E-state index in [-0.39, 0.29) is 11.7 Å². The highest BCUT2D eigenvalue weighted by molar-refractivity contribution is 6.05. The molecule has 1 aliphatic rings. The lowest BCUT2D eigenvalue weighted by atomic mass is 10.1. The zero-order valence-corrected chi connectivity index (χ0v) is 21.3. The van der Waals surface area contributed by atoms with Gasteiger partial charge in [0.15, 0.2) is 17.3 Å². The van der Waals surface area contributed by atoms with Gasteiger partial charge in [0.2, 0.25) is 0 Å². The summed E-state index contributed by atoms with van der Waals surface area (Å²) < 4.78 is 38.3. The standard InChI is InChI=1S/C22H25N9O2.C2HF3O2/c1-2-31-19-15(12-25-13-16(19)27-21(31)18-20(23)29-33-28-18)22(32)26-11-14-5-3-4-6-17(14)30-9-7-24-8-10-30;3-2(4,5)1(6)7/h3-6,12-13,24H,2,7-11H2,1H3,(H2,23,29)(H,26,32);(H,6,7). The predicted molar refractivity (Wildman–Crippen MR) is 137 cm³/mol. The van der Waals surface area contributed by atoms with E-state index in [0.29, 0.717) is 41.2 Å². The largest absolute Gasteiger partial charge is 0.490 e. The summed E-state index contributed by atoms with van der Waals surface area (Å²) in [6.07, 6.45) is -1.91. The van der Waals surface area contributed by atoms with Crippen LogP contribution in [0.5, 0.6) is 0 Å². The van der Waals surface area contributed by atoms with Gasteiger partial charge in [0.1, 0.15) is 5.52 Å². The molecular formula is C24H26F3N9O4. The Labute approximate surface area is 225 Å². The van der Waals surface area contributed by atoms with Crippen molar-refractivity contribution in [2.45, 2.75) is 26.2 Å². The van der Waals surface area contributed by atoms with Crippen LogP contribution in [0.25, 0.3) is 22.6 Å². The predicted octanol–water partition coefficient (Wildman–Crippen LogP) is 2.06. The Morgan fingerprint density at radius 3 is 2.50 bits per heavy atom. The van der Waals surface area contributed by atoms with Gasteiger partial charge in [-0.25, -0.2) is 14.4 Å². The Morgan fingerprint density at radius 2 is 1.88 bits per heavy atom. The highest BCUT2D eigenvalue weighted by Crippen LogP contribution is 2.28. The molecule has 1 aromatic carbocycles. The lowest BCUT2D eigenvalue weighted by Gasteiger charge is -2.31. The second kappa shape index (κ2) is 12.0. The number of aromatic nitrogens is 5. The van der Waals surface area contributed by atoms with Crippen LogP contribution >= 0.6 is 0 Å². The number of piperazine rings is 1. The van der Waals surface area contributed by atoms with Gasteiger partial charge < -0.3 is 30.9 Å². The first kappa shape index (κ1) is 28.3. The topological polar surface area (TPSA) is 177 Å². The average Bonchev–Trinajstić information content (AvgIpc) is 3.54. The van der Waals surface area contributed by atoms with E-state index in [1.165, 1.54) is 0 Å². The summed E-state index contributed by atoms with van der Waals surface area (Å²) >= 11 is 0. The number of carboxylic acids is 1. The normalized spacial score (nSPS) is 13.6. The van der Waals surface area contributed by atoms with E-state index in [4.69, 9.17) is 20.3 Å². The van der Waals surface area contributed by atoms with Gasteiger partial charge in [-0.15, -0.1) is 0 Å².